The molecule has 1 N–H and O–H groups in total. The summed E-state index contributed by atoms with van der Waals surface area (Å²) in [5.41, 5.74) is 1.90. The van der Waals surface area contributed by atoms with E-state index in [9.17, 15) is 8.78 Å². The van der Waals surface area contributed by atoms with Gasteiger partial charge in [0.05, 0.1) is 0 Å². The van der Waals surface area contributed by atoms with Crippen LogP contribution in [-0.4, -0.2) is 6.04 Å². The van der Waals surface area contributed by atoms with Crippen molar-refractivity contribution in [2.24, 2.45) is 0 Å². The van der Waals surface area contributed by atoms with Gasteiger partial charge in [-0.05, 0) is 48.6 Å². The van der Waals surface area contributed by atoms with E-state index in [2.05, 4.69) is 5.32 Å². The molecule has 1 aliphatic rings. The van der Waals surface area contributed by atoms with E-state index in [1.54, 1.807) is 6.07 Å². The molecule has 1 saturated carbocycles. The minimum absolute atomic E-state index is 0.306. The highest BCUT2D eigenvalue weighted by Gasteiger charge is 2.30. The Morgan fingerprint density at radius 3 is 2.30 bits per heavy atom. The maximum atomic E-state index is 13.1. The summed E-state index contributed by atoms with van der Waals surface area (Å²) < 4.78 is 25.9. The number of halogens is 3. The summed E-state index contributed by atoms with van der Waals surface area (Å²) in [6.07, 6.45) is 1.97. The molecule has 0 amide bonds. The lowest BCUT2D eigenvalue weighted by Gasteiger charge is -2.37. The number of benzene rings is 2. The van der Waals surface area contributed by atoms with Gasteiger partial charge in [-0.1, -0.05) is 23.7 Å². The van der Waals surface area contributed by atoms with Gasteiger partial charge in [0.15, 0.2) is 11.6 Å². The quantitative estimate of drug-likeness (QED) is 0.842. The minimum atomic E-state index is -0.816. The van der Waals surface area contributed by atoms with Crippen molar-refractivity contribution in [2.75, 3.05) is 5.32 Å². The largest absolute Gasteiger partial charge is 0.382 e. The highest BCUT2D eigenvalue weighted by atomic mass is 35.5. The lowest BCUT2D eigenvalue weighted by molar-refractivity contribution is 0.374. The van der Waals surface area contributed by atoms with Crippen LogP contribution in [0, 0.1) is 11.6 Å². The van der Waals surface area contributed by atoms with Crippen molar-refractivity contribution in [3.05, 3.63) is 64.7 Å². The van der Waals surface area contributed by atoms with Crippen LogP contribution < -0.4 is 5.32 Å². The van der Waals surface area contributed by atoms with E-state index in [4.69, 9.17) is 11.6 Å². The Morgan fingerprint density at radius 2 is 1.65 bits per heavy atom. The molecule has 0 heterocycles. The fraction of sp³-hybridized carbons (Fsp3) is 0.250. The number of hydrogen-bond acceptors (Lipinski definition) is 1. The molecule has 20 heavy (non-hydrogen) atoms. The predicted molar refractivity (Wildman–Crippen MR) is 77.2 cm³/mol. The number of rotatable bonds is 3. The van der Waals surface area contributed by atoms with Gasteiger partial charge in [0.2, 0.25) is 0 Å². The first-order valence-electron chi connectivity index (χ1n) is 6.59. The fourth-order valence-electron chi connectivity index (χ4n) is 2.56. The summed E-state index contributed by atoms with van der Waals surface area (Å²) in [7, 11) is 0. The zero-order valence-electron chi connectivity index (χ0n) is 10.7. The molecule has 1 fully saturated rings. The molecule has 1 aliphatic carbocycles. The second-order valence-electron chi connectivity index (χ2n) is 5.19. The van der Waals surface area contributed by atoms with Crippen LogP contribution in [-0.2, 0) is 0 Å². The van der Waals surface area contributed by atoms with Crippen LogP contribution in [0.3, 0.4) is 0 Å². The molecule has 104 valence electrons. The van der Waals surface area contributed by atoms with Crippen LogP contribution >= 0.6 is 11.6 Å². The van der Waals surface area contributed by atoms with E-state index in [-0.39, 0.29) is 0 Å². The maximum Gasteiger partial charge on any atom is 0.160 e. The Bertz CT molecular complexity index is 606. The Kier molecular flexibility index (Phi) is 3.62. The molecule has 0 saturated heterocycles. The summed E-state index contributed by atoms with van der Waals surface area (Å²) in [6, 6.07) is 12.1. The molecule has 3 rings (SSSR count). The first-order chi connectivity index (χ1) is 9.61. The van der Waals surface area contributed by atoms with Crippen LogP contribution in [0.15, 0.2) is 42.5 Å². The molecule has 0 spiro atoms. The van der Waals surface area contributed by atoms with Crippen molar-refractivity contribution in [3.8, 4) is 0 Å². The Balaban J connectivity index is 1.58. The van der Waals surface area contributed by atoms with Crippen molar-refractivity contribution < 1.29 is 8.78 Å². The van der Waals surface area contributed by atoms with Crippen molar-refractivity contribution in [1.29, 1.82) is 0 Å². The molecular weight excluding hydrogens is 280 g/mol. The summed E-state index contributed by atoms with van der Waals surface area (Å²) in [6.45, 7) is 0. The van der Waals surface area contributed by atoms with Crippen LogP contribution in [0.2, 0.25) is 5.02 Å². The van der Waals surface area contributed by atoms with Gasteiger partial charge in [-0.2, -0.15) is 0 Å². The van der Waals surface area contributed by atoms with E-state index in [0.717, 1.165) is 23.9 Å². The lowest BCUT2D eigenvalue weighted by Crippen LogP contribution is -2.34. The van der Waals surface area contributed by atoms with Crippen molar-refractivity contribution in [2.45, 2.75) is 24.8 Å². The van der Waals surface area contributed by atoms with E-state index >= 15 is 0 Å². The fourth-order valence-corrected chi connectivity index (χ4v) is 2.69. The normalized spacial score (nSPS) is 21.4. The molecule has 2 aromatic carbocycles. The Morgan fingerprint density at radius 1 is 0.950 bits per heavy atom. The van der Waals surface area contributed by atoms with Gasteiger partial charge in [-0.3, -0.25) is 0 Å². The summed E-state index contributed by atoms with van der Waals surface area (Å²) in [5, 5.41) is 3.97. The SMILES string of the molecule is Fc1ccc(NC2CC(c3ccc(Cl)cc3)C2)cc1F. The van der Waals surface area contributed by atoms with Gasteiger partial charge in [0.25, 0.3) is 0 Å². The summed E-state index contributed by atoms with van der Waals surface area (Å²) >= 11 is 5.86. The van der Waals surface area contributed by atoms with Gasteiger partial charge in [-0.15, -0.1) is 0 Å². The van der Waals surface area contributed by atoms with Crippen LogP contribution in [0.5, 0.6) is 0 Å². The van der Waals surface area contributed by atoms with E-state index < -0.39 is 11.6 Å². The third kappa shape index (κ3) is 2.78. The predicted octanol–water partition coefficient (Wildman–Crippen LogP) is 4.98. The molecule has 0 unspecified atom stereocenters. The van der Waals surface area contributed by atoms with Gasteiger partial charge in [-0.25, -0.2) is 8.78 Å². The highest BCUT2D eigenvalue weighted by molar-refractivity contribution is 6.30. The molecule has 4 heteroatoms. The van der Waals surface area contributed by atoms with Gasteiger partial charge in [0, 0.05) is 22.8 Å². The van der Waals surface area contributed by atoms with Crippen LogP contribution in [0.4, 0.5) is 14.5 Å². The molecule has 0 radical (unpaired) electrons. The van der Waals surface area contributed by atoms with Crippen LogP contribution in [0.25, 0.3) is 0 Å². The molecule has 0 atom stereocenters. The van der Waals surface area contributed by atoms with Crippen molar-refractivity contribution in [1.82, 2.24) is 0 Å². The van der Waals surface area contributed by atoms with Gasteiger partial charge < -0.3 is 5.32 Å². The average Bonchev–Trinajstić information content (AvgIpc) is 2.39. The summed E-state index contributed by atoms with van der Waals surface area (Å²) in [5.74, 6) is -1.12. The zero-order chi connectivity index (χ0) is 14.1. The van der Waals surface area contributed by atoms with Crippen molar-refractivity contribution >= 4 is 17.3 Å². The smallest absolute Gasteiger partial charge is 0.160 e. The molecule has 0 aromatic heterocycles. The third-order valence-electron chi connectivity index (χ3n) is 3.77. The van der Waals surface area contributed by atoms with E-state index in [1.807, 2.05) is 24.3 Å². The van der Waals surface area contributed by atoms with Crippen molar-refractivity contribution in [3.63, 3.8) is 0 Å². The molecule has 0 bridgehead atoms. The molecular formula is C16H14ClF2N. The lowest BCUT2D eigenvalue weighted by atomic mass is 9.76. The Hall–Kier alpha value is -1.61. The molecule has 2 aromatic rings. The maximum absolute atomic E-state index is 13.1. The third-order valence-corrected chi connectivity index (χ3v) is 4.02. The minimum Gasteiger partial charge on any atom is -0.382 e. The zero-order valence-corrected chi connectivity index (χ0v) is 11.5. The van der Waals surface area contributed by atoms with Crippen LogP contribution in [0.1, 0.15) is 24.3 Å². The Labute approximate surface area is 121 Å². The molecule has 1 nitrogen and oxygen atoms in total. The number of hydrogen-bond donors (Lipinski definition) is 1. The second-order valence-corrected chi connectivity index (χ2v) is 5.63. The standard InChI is InChI=1S/C16H14ClF2N/c17-12-3-1-10(2-4-12)11-7-14(8-11)20-13-5-6-15(18)16(19)9-13/h1-6,9,11,14,20H,7-8H2. The number of anilines is 1. The number of nitrogens with one attached hydrogen (secondary N) is 1. The molecule has 0 aliphatic heterocycles. The first kappa shape index (κ1) is 13.4. The first-order valence-corrected chi connectivity index (χ1v) is 6.96. The monoisotopic (exact) mass is 293 g/mol. The van der Waals surface area contributed by atoms with Gasteiger partial charge in [0.1, 0.15) is 0 Å². The second kappa shape index (κ2) is 5.41. The van der Waals surface area contributed by atoms with E-state index in [1.165, 1.54) is 11.6 Å². The highest BCUT2D eigenvalue weighted by Crippen LogP contribution is 2.38. The average molecular weight is 294 g/mol. The van der Waals surface area contributed by atoms with Gasteiger partial charge >= 0.3 is 0 Å². The van der Waals surface area contributed by atoms with E-state index in [0.29, 0.717) is 17.6 Å². The topological polar surface area (TPSA) is 12.0 Å². The summed E-state index contributed by atoms with van der Waals surface area (Å²) in [4.78, 5) is 0.